The molecule has 3 aromatic heterocycles. The Hall–Kier alpha value is -2.70. The van der Waals surface area contributed by atoms with Crippen molar-refractivity contribution in [2.45, 2.75) is 33.4 Å². The van der Waals surface area contributed by atoms with Gasteiger partial charge in [-0.3, -0.25) is 9.48 Å². The largest absolute Gasteiger partial charge is 0.344 e. The molecular formula is C15H18N6O. The van der Waals surface area contributed by atoms with Gasteiger partial charge in [-0.1, -0.05) is 0 Å². The number of hydrogen-bond acceptors (Lipinski definition) is 4. The van der Waals surface area contributed by atoms with E-state index in [1.807, 2.05) is 31.6 Å². The van der Waals surface area contributed by atoms with E-state index in [1.165, 1.54) is 0 Å². The van der Waals surface area contributed by atoms with Crippen LogP contribution in [0.5, 0.6) is 0 Å². The van der Waals surface area contributed by atoms with Gasteiger partial charge in [0.2, 0.25) is 0 Å². The summed E-state index contributed by atoms with van der Waals surface area (Å²) in [6, 6.07) is 3.31. The number of nitrogens with one attached hydrogen (secondary N) is 1. The number of carbonyl (C=O) groups excluding carboxylic acids is 1. The summed E-state index contributed by atoms with van der Waals surface area (Å²) >= 11 is 0. The zero-order valence-electron chi connectivity index (χ0n) is 12.8. The van der Waals surface area contributed by atoms with Crippen LogP contribution < -0.4 is 5.32 Å². The van der Waals surface area contributed by atoms with Crippen molar-refractivity contribution in [2.24, 2.45) is 0 Å². The van der Waals surface area contributed by atoms with Crippen molar-refractivity contribution in [3.63, 3.8) is 0 Å². The third kappa shape index (κ3) is 2.57. The van der Waals surface area contributed by atoms with Gasteiger partial charge < -0.3 is 5.32 Å². The van der Waals surface area contributed by atoms with Crippen LogP contribution >= 0.6 is 0 Å². The zero-order valence-corrected chi connectivity index (χ0v) is 12.8. The number of amides is 1. The number of fused-ring (bicyclic) bond motifs is 1. The third-order valence-corrected chi connectivity index (χ3v) is 3.59. The lowest BCUT2D eigenvalue weighted by Gasteiger charge is -2.11. The van der Waals surface area contributed by atoms with Crippen molar-refractivity contribution in [3.05, 3.63) is 47.7 Å². The molecule has 7 nitrogen and oxygen atoms in total. The van der Waals surface area contributed by atoms with E-state index in [-0.39, 0.29) is 11.9 Å². The minimum atomic E-state index is -0.221. The molecule has 0 aliphatic carbocycles. The fourth-order valence-corrected chi connectivity index (χ4v) is 2.41. The van der Waals surface area contributed by atoms with E-state index in [2.05, 4.69) is 20.5 Å². The predicted molar refractivity (Wildman–Crippen MR) is 81.5 cm³/mol. The fourth-order valence-electron chi connectivity index (χ4n) is 2.41. The number of carbonyl (C=O) groups is 1. The molecule has 114 valence electrons. The first-order valence-electron chi connectivity index (χ1n) is 7.23. The number of aryl methyl sites for hydroxylation is 2. The molecule has 3 rings (SSSR count). The molecule has 0 saturated carbocycles. The van der Waals surface area contributed by atoms with Crippen LogP contribution in [0.25, 0.3) is 5.65 Å². The van der Waals surface area contributed by atoms with Crippen LogP contribution in [0.2, 0.25) is 0 Å². The van der Waals surface area contributed by atoms with E-state index < -0.39 is 0 Å². The summed E-state index contributed by atoms with van der Waals surface area (Å²) in [7, 11) is 0. The predicted octanol–water partition coefficient (Wildman–Crippen LogP) is 1.75. The van der Waals surface area contributed by atoms with Crippen molar-refractivity contribution in [1.82, 2.24) is 29.7 Å². The van der Waals surface area contributed by atoms with Crippen LogP contribution in [-0.4, -0.2) is 30.3 Å². The minimum absolute atomic E-state index is 0.134. The first-order chi connectivity index (χ1) is 10.6. The van der Waals surface area contributed by atoms with Gasteiger partial charge in [0, 0.05) is 36.8 Å². The van der Waals surface area contributed by atoms with Gasteiger partial charge in [0.05, 0.1) is 11.7 Å². The molecule has 0 aliphatic rings. The van der Waals surface area contributed by atoms with Crippen LogP contribution in [0.4, 0.5) is 0 Å². The van der Waals surface area contributed by atoms with E-state index in [9.17, 15) is 4.79 Å². The highest BCUT2D eigenvalue weighted by Gasteiger charge is 2.18. The highest BCUT2D eigenvalue weighted by molar-refractivity contribution is 5.93. The van der Waals surface area contributed by atoms with Crippen molar-refractivity contribution in [2.75, 3.05) is 0 Å². The van der Waals surface area contributed by atoms with Crippen LogP contribution in [0, 0.1) is 6.92 Å². The lowest BCUT2D eigenvalue weighted by Crippen LogP contribution is -2.27. The van der Waals surface area contributed by atoms with E-state index in [1.54, 1.807) is 29.0 Å². The zero-order chi connectivity index (χ0) is 15.7. The molecule has 1 unspecified atom stereocenters. The first kappa shape index (κ1) is 14.2. The third-order valence-electron chi connectivity index (χ3n) is 3.59. The van der Waals surface area contributed by atoms with Gasteiger partial charge in [-0.15, -0.1) is 0 Å². The average Bonchev–Trinajstić information content (AvgIpc) is 3.10. The molecule has 3 heterocycles. The van der Waals surface area contributed by atoms with Crippen molar-refractivity contribution in [3.8, 4) is 0 Å². The minimum Gasteiger partial charge on any atom is -0.344 e. The van der Waals surface area contributed by atoms with E-state index in [0.717, 1.165) is 17.8 Å². The number of nitrogens with zero attached hydrogens (tertiary/aromatic N) is 5. The highest BCUT2D eigenvalue weighted by Crippen LogP contribution is 2.16. The molecule has 1 N–H and O–H groups in total. The number of rotatable bonds is 4. The fraction of sp³-hybridized carbons (Fsp3) is 0.333. The monoisotopic (exact) mass is 298 g/mol. The lowest BCUT2D eigenvalue weighted by atomic mass is 10.1. The van der Waals surface area contributed by atoms with Gasteiger partial charge in [0.15, 0.2) is 11.3 Å². The second-order valence-corrected chi connectivity index (χ2v) is 5.17. The van der Waals surface area contributed by atoms with Gasteiger partial charge in [-0.05, 0) is 26.8 Å². The summed E-state index contributed by atoms with van der Waals surface area (Å²) in [5.74, 6) is -0.221. The molecule has 0 aromatic carbocycles. The second-order valence-electron chi connectivity index (χ2n) is 5.17. The quantitative estimate of drug-likeness (QED) is 0.796. The Labute approximate surface area is 128 Å². The van der Waals surface area contributed by atoms with Gasteiger partial charge in [0.25, 0.3) is 5.91 Å². The van der Waals surface area contributed by atoms with E-state index in [4.69, 9.17) is 0 Å². The average molecular weight is 298 g/mol. The van der Waals surface area contributed by atoms with Crippen LogP contribution in [-0.2, 0) is 6.54 Å². The van der Waals surface area contributed by atoms with Gasteiger partial charge >= 0.3 is 0 Å². The molecule has 3 aromatic rings. The van der Waals surface area contributed by atoms with Crippen molar-refractivity contribution >= 4 is 11.6 Å². The first-order valence-corrected chi connectivity index (χ1v) is 7.23. The molecule has 0 radical (unpaired) electrons. The lowest BCUT2D eigenvalue weighted by molar-refractivity contribution is 0.0934. The maximum atomic E-state index is 12.3. The number of aromatic nitrogens is 5. The van der Waals surface area contributed by atoms with E-state index in [0.29, 0.717) is 11.3 Å². The molecule has 0 saturated heterocycles. The smallest absolute Gasteiger partial charge is 0.272 e. The topological polar surface area (TPSA) is 77.1 Å². The Morgan fingerprint density at radius 3 is 2.91 bits per heavy atom. The van der Waals surface area contributed by atoms with Gasteiger partial charge in [-0.25, -0.2) is 9.50 Å². The molecule has 0 fully saturated rings. The molecule has 0 spiro atoms. The summed E-state index contributed by atoms with van der Waals surface area (Å²) < 4.78 is 3.45. The summed E-state index contributed by atoms with van der Waals surface area (Å²) in [6.45, 7) is 6.72. The molecular weight excluding hydrogens is 280 g/mol. The highest BCUT2D eigenvalue weighted by atomic mass is 16.2. The standard InChI is InChI=1S/C15H18N6O/c1-4-20-9-12(11(3)18-20)10(2)17-15(22)13-8-14-16-6-5-7-21(14)19-13/h5-10H,4H2,1-3H3,(H,17,22). The Bertz CT molecular complexity index is 785. The molecule has 7 heteroatoms. The number of hydrogen-bond donors (Lipinski definition) is 1. The SMILES string of the molecule is CCn1cc(C(C)NC(=O)c2cc3ncccn3n2)c(C)n1. The summed E-state index contributed by atoms with van der Waals surface area (Å²) in [4.78, 5) is 16.5. The molecule has 1 amide bonds. The molecule has 22 heavy (non-hydrogen) atoms. The molecule has 1 atom stereocenters. The summed E-state index contributed by atoms with van der Waals surface area (Å²) in [5, 5.41) is 11.6. The summed E-state index contributed by atoms with van der Waals surface area (Å²) in [6.07, 6.45) is 5.40. The normalized spacial score (nSPS) is 12.5. The maximum absolute atomic E-state index is 12.3. The van der Waals surface area contributed by atoms with E-state index >= 15 is 0 Å². The Kier molecular flexibility index (Phi) is 3.62. The second kappa shape index (κ2) is 5.59. The van der Waals surface area contributed by atoms with Crippen molar-refractivity contribution in [1.29, 1.82) is 0 Å². The molecule has 0 bridgehead atoms. The maximum Gasteiger partial charge on any atom is 0.272 e. The molecule has 0 aliphatic heterocycles. The van der Waals surface area contributed by atoms with Crippen molar-refractivity contribution < 1.29 is 4.79 Å². The van der Waals surface area contributed by atoms with Crippen LogP contribution in [0.15, 0.2) is 30.7 Å². The van der Waals surface area contributed by atoms with Crippen LogP contribution in [0.1, 0.15) is 41.6 Å². The van der Waals surface area contributed by atoms with Gasteiger partial charge in [-0.2, -0.15) is 10.2 Å². The van der Waals surface area contributed by atoms with Crippen LogP contribution in [0.3, 0.4) is 0 Å². The Morgan fingerprint density at radius 2 is 2.23 bits per heavy atom. The van der Waals surface area contributed by atoms with Gasteiger partial charge in [0.1, 0.15) is 0 Å². The Morgan fingerprint density at radius 1 is 1.41 bits per heavy atom. The summed E-state index contributed by atoms with van der Waals surface area (Å²) in [5.41, 5.74) is 2.93. The Balaban J connectivity index is 1.79.